The molecule has 0 rings (SSSR count). The highest BCUT2D eigenvalue weighted by Crippen LogP contribution is 2.01. The molecule has 0 bridgehead atoms. The molecule has 0 spiro atoms. The van der Waals surface area contributed by atoms with Crippen molar-refractivity contribution in [3.63, 3.8) is 0 Å². The lowest BCUT2D eigenvalue weighted by Crippen LogP contribution is -2.51. The smallest absolute Gasteiger partial charge is 0.239 e. The summed E-state index contributed by atoms with van der Waals surface area (Å²) in [5, 5.41) is 2.89. The van der Waals surface area contributed by atoms with E-state index >= 15 is 0 Å². The zero-order chi connectivity index (χ0) is 9.78. The maximum atomic E-state index is 11.4. The molecular formula is C9H20N2O. The third-order valence-corrected chi connectivity index (χ3v) is 1.91. The van der Waals surface area contributed by atoms with Crippen LogP contribution >= 0.6 is 0 Å². The predicted octanol–water partition coefficient (Wildman–Crippen LogP) is 1.03. The molecule has 3 heteroatoms. The Morgan fingerprint density at radius 2 is 1.83 bits per heavy atom. The number of hydrogen-bond acceptors (Lipinski definition) is 2. The maximum absolute atomic E-state index is 11.4. The molecule has 3 N–H and O–H groups in total. The van der Waals surface area contributed by atoms with E-state index in [1.165, 1.54) is 0 Å². The van der Waals surface area contributed by atoms with Crippen LogP contribution in [0.2, 0.25) is 0 Å². The zero-order valence-corrected chi connectivity index (χ0v) is 8.48. The Morgan fingerprint density at radius 3 is 2.08 bits per heavy atom. The predicted molar refractivity (Wildman–Crippen MR) is 50.8 cm³/mol. The Bertz CT molecular complexity index is 145. The molecule has 0 aromatic rings. The number of hydrogen-bond donors (Lipinski definition) is 2. The second-order valence-electron chi connectivity index (χ2n) is 3.71. The fourth-order valence-electron chi connectivity index (χ4n) is 0.864. The third kappa shape index (κ3) is 3.72. The van der Waals surface area contributed by atoms with Crippen LogP contribution in [0, 0.1) is 0 Å². The first-order valence-electron chi connectivity index (χ1n) is 4.51. The molecule has 0 aliphatic carbocycles. The largest absolute Gasteiger partial charge is 0.352 e. The Kier molecular flexibility index (Phi) is 4.24. The van der Waals surface area contributed by atoms with Crippen LogP contribution in [0.3, 0.4) is 0 Å². The van der Waals surface area contributed by atoms with Crippen molar-refractivity contribution >= 4 is 5.91 Å². The van der Waals surface area contributed by atoms with Crippen molar-refractivity contribution in [2.75, 3.05) is 0 Å². The van der Waals surface area contributed by atoms with E-state index in [0.717, 1.165) is 12.8 Å². The quantitative estimate of drug-likeness (QED) is 0.665. The van der Waals surface area contributed by atoms with E-state index in [1.807, 2.05) is 0 Å². The van der Waals surface area contributed by atoms with Gasteiger partial charge in [-0.15, -0.1) is 0 Å². The minimum Gasteiger partial charge on any atom is -0.352 e. The molecule has 0 heterocycles. The highest BCUT2D eigenvalue weighted by molar-refractivity contribution is 5.85. The van der Waals surface area contributed by atoms with Gasteiger partial charge in [0.15, 0.2) is 0 Å². The van der Waals surface area contributed by atoms with Crippen molar-refractivity contribution in [2.24, 2.45) is 5.73 Å². The third-order valence-electron chi connectivity index (χ3n) is 1.91. The fraction of sp³-hybridized carbons (Fsp3) is 0.889. The molecule has 0 fully saturated rings. The van der Waals surface area contributed by atoms with E-state index in [-0.39, 0.29) is 11.9 Å². The number of carbonyl (C=O) groups excluding carboxylic acids is 1. The number of amides is 1. The molecule has 72 valence electrons. The number of carbonyl (C=O) groups is 1. The Hall–Kier alpha value is -0.570. The molecule has 1 amide bonds. The van der Waals surface area contributed by atoms with Crippen LogP contribution in [-0.4, -0.2) is 17.5 Å². The second-order valence-corrected chi connectivity index (χ2v) is 3.71. The van der Waals surface area contributed by atoms with Crippen molar-refractivity contribution < 1.29 is 4.79 Å². The monoisotopic (exact) mass is 172 g/mol. The number of rotatable bonds is 4. The highest BCUT2D eigenvalue weighted by atomic mass is 16.2. The van der Waals surface area contributed by atoms with Gasteiger partial charge in [0.1, 0.15) is 0 Å². The summed E-state index contributed by atoms with van der Waals surface area (Å²) in [7, 11) is 0. The van der Waals surface area contributed by atoms with E-state index in [4.69, 9.17) is 5.73 Å². The van der Waals surface area contributed by atoms with Crippen molar-refractivity contribution in [3.8, 4) is 0 Å². The molecule has 12 heavy (non-hydrogen) atoms. The van der Waals surface area contributed by atoms with Gasteiger partial charge in [-0.3, -0.25) is 4.79 Å². The fourth-order valence-corrected chi connectivity index (χ4v) is 0.864. The second kappa shape index (κ2) is 4.45. The minimum atomic E-state index is -0.761. The normalized spacial score (nSPS) is 11.8. The number of nitrogens with two attached hydrogens (primary N) is 1. The molecule has 0 aromatic heterocycles. The van der Waals surface area contributed by atoms with Gasteiger partial charge >= 0.3 is 0 Å². The van der Waals surface area contributed by atoms with E-state index in [0.29, 0.717) is 0 Å². The Labute approximate surface area is 74.7 Å². The standard InChI is InChI=1S/C9H20N2O/c1-5-7(6-2)11-8(12)9(3,4)10/h7H,5-6,10H2,1-4H3,(H,11,12). The first-order valence-corrected chi connectivity index (χ1v) is 4.51. The summed E-state index contributed by atoms with van der Waals surface area (Å²) in [6.45, 7) is 7.53. The van der Waals surface area contributed by atoms with Crippen LogP contribution in [0.25, 0.3) is 0 Å². The van der Waals surface area contributed by atoms with Crippen molar-refractivity contribution in [1.29, 1.82) is 0 Å². The lowest BCUT2D eigenvalue weighted by atomic mass is 10.0. The lowest BCUT2D eigenvalue weighted by molar-refractivity contribution is -0.126. The van der Waals surface area contributed by atoms with Gasteiger partial charge in [-0.25, -0.2) is 0 Å². The lowest BCUT2D eigenvalue weighted by Gasteiger charge is -2.22. The van der Waals surface area contributed by atoms with Gasteiger partial charge in [0.05, 0.1) is 5.54 Å². The van der Waals surface area contributed by atoms with Gasteiger partial charge in [-0.2, -0.15) is 0 Å². The van der Waals surface area contributed by atoms with Gasteiger partial charge in [0.25, 0.3) is 0 Å². The van der Waals surface area contributed by atoms with Gasteiger partial charge in [0, 0.05) is 6.04 Å². The average Bonchev–Trinajstić information content (AvgIpc) is 1.97. The summed E-state index contributed by atoms with van der Waals surface area (Å²) in [6.07, 6.45) is 1.91. The van der Waals surface area contributed by atoms with E-state index in [9.17, 15) is 4.79 Å². The molecule has 0 atom stereocenters. The summed E-state index contributed by atoms with van der Waals surface area (Å²) in [5.41, 5.74) is 4.86. The van der Waals surface area contributed by atoms with Crippen LogP contribution in [0.15, 0.2) is 0 Å². The molecule has 0 saturated heterocycles. The molecule has 0 aromatic carbocycles. The topological polar surface area (TPSA) is 55.1 Å². The average molecular weight is 172 g/mol. The molecule has 0 aliphatic heterocycles. The van der Waals surface area contributed by atoms with Crippen LogP contribution in [-0.2, 0) is 4.79 Å². The first-order chi connectivity index (χ1) is 5.41. The zero-order valence-electron chi connectivity index (χ0n) is 8.48. The molecule has 0 saturated carbocycles. The van der Waals surface area contributed by atoms with Crippen LogP contribution in [0.5, 0.6) is 0 Å². The number of nitrogens with one attached hydrogen (secondary N) is 1. The van der Waals surface area contributed by atoms with Gasteiger partial charge in [0.2, 0.25) is 5.91 Å². The SMILES string of the molecule is CCC(CC)NC(=O)C(C)(C)N. The summed E-state index contributed by atoms with van der Waals surface area (Å²) in [6, 6.07) is 0.264. The Balaban J connectivity index is 3.99. The van der Waals surface area contributed by atoms with Crippen LogP contribution < -0.4 is 11.1 Å². The van der Waals surface area contributed by atoms with Crippen molar-refractivity contribution in [1.82, 2.24) is 5.32 Å². The molecule has 0 aliphatic rings. The summed E-state index contributed by atoms with van der Waals surface area (Å²) < 4.78 is 0. The molecule has 0 radical (unpaired) electrons. The summed E-state index contributed by atoms with van der Waals surface area (Å²) in [5.74, 6) is -0.0730. The van der Waals surface area contributed by atoms with Gasteiger partial charge in [-0.1, -0.05) is 13.8 Å². The highest BCUT2D eigenvalue weighted by Gasteiger charge is 2.23. The van der Waals surface area contributed by atoms with E-state index in [2.05, 4.69) is 19.2 Å². The van der Waals surface area contributed by atoms with Crippen LogP contribution in [0.1, 0.15) is 40.5 Å². The molecule has 3 nitrogen and oxygen atoms in total. The Morgan fingerprint density at radius 1 is 1.42 bits per heavy atom. The van der Waals surface area contributed by atoms with Crippen molar-refractivity contribution in [3.05, 3.63) is 0 Å². The first kappa shape index (κ1) is 11.4. The maximum Gasteiger partial charge on any atom is 0.239 e. The minimum absolute atomic E-state index is 0.0730. The molecule has 0 unspecified atom stereocenters. The summed E-state index contributed by atoms with van der Waals surface area (Å²) in [4.78, 5) is 11.4. The summed E-state index contributed by atoms with van der Waals surface area (Å²) >= 11 is 0. The van der Waals surface area contributed by atoms with Gasteiger partial charge < -0.3 is 11.1 Å². The van der Waals surface area contributed by atoms with Crippen LogP contribution in [0.4, 0.5) is 0 Å². The van der Waals surface area contributed by atoms with Crippen molar-refractivity contribution in [2.45, 2.75) is 52.1 Å². The van der Waals surface area contributed by atoms with E-state index in [1.54, 1.807) is 13.8 Å². The van der Waals surface area contributed by atoms with E-state index < -0.39 is 5.54 Å². The van der Waals surface area contributed by atoms with Gasteiger partial charge in [-0.05, 0) is 26.7 Å². The molecular weight excluding hydrogens is 152 g/mol.